The quantitative estimate of drug-likeness (QED) is 0.616. The van der Waals surface area contributed by atoms with Crippen LogP contribution < -0.4 is 0 Å². The topological polar surface area (TPSA) is 68.3 Å². The molecule has 2 aliphatic rings. The third kappa shape index (κ3) is 4.94. The summed E-state index contributed by atoms with van der Waals surface area (Å²) >= 11 is 0. The number of ether oxygens (including phenoxy) is 3. The predicted molar refractivity (Wildman–Crippen MR) is 74.8 cm³/mol. The van der Waals surface area contributed by atoms with Gasteiger partial charge in [-0.3, -0.25) is 14.5 Å². The Morgan fingerprint density at radius 3 is 2.57 bits per heavy atom. The molecule has 0 aliphatic carbocycles. The molecule has 2 fully saturated rings. The normalized spacial score (nSPS) is 22.6. The molecule has 7 nitrogen and oxygen atoms in total. The van der Waals surface area contributed by atoms with Gasteiger partial charge in [0.05, 0.1) is 39.5 Å². The van der Waals surface area contributed by atoms with Gasteiger partial charge in [0.1, 0.15) is 0 Å². The molecule has 21 heavy (non-hydrogen) atoms. The number of carbonyl (C=O) groups is 2. The Balaban J connectivity index is 1.90. The number of hydrogen-bond acceptors (Lipinski definition) is 6. The molecule has 2 heterocycles. The van der Waals surface area contributed by atoms with Gasteiger partial charge in [-0.2, -0.15) is 0 Å². The minimum absolute atomic E-state index is 0.0366. The number of morpholine rings is 1. The van der Waals surface area contributed by atoms with E-state index in [1.165, 1.54) is 0 Å². The third-order valence-corrected chi connectivity index (χ3v) is 3.76. The maximum Gasteiger partial charge on any atom is 0.320 e. The maximum atomic E-state index is 12.3. The van der Waals surface area contributed by atoms with Crippen molar-refractivity contribution < 1.29 is 23.8 Å². The summed E-state index contributed by atoms with van der Waals surface area (Å²) < 4.78 is 15.6. The van der Waals surface area contributed by atoms with Crippen LogP contribution in [0.5, 0.6) is 0 Å². The summed E-state index contributed by atoms with van der Waals surface area (Å²) in [6.45, 7) is 6.13. The second-order valence-electron chi connectivity index (χ2n) is 5.22. The number of carbonyl (C=O) groups excluding carboxylic acids is 2. The van der Waals surface area contributed by atoms with Crippen LogP contribution in [0.1, 0.15) is 13.3 Å². The molecule has 1 amide bonds. The first kappa shape index (κ1) is 16.2. The number of hydrogen-bond donors (Lipinski definition) is 0. The van der Waals surface area contributed by atoms with E-state index >= 15 is 0 Å². The summed E-state index contributed by atoms with van der Waals surface area (Å²) in [5, 5.41) is 0. The molecular weight excluding hydrogens is 276 g/mol. The summed E-state index contributed by atoms with van der Waals surface area (Å²) in [5.41, 5.74) is 0. The fourth-order valence-corrected chi connectivity index (χ4v) is 2.58. The summed E-state index contributed by atoms with van der Waals surface area (Å²) in [6, 6.07) is 0.111. The van der Waals surface area contributed by atoms with E-state index in [9.17, 15) is 9.59 Å². The summed E-state index contributed by atoms with van der Waals surface area (Å²) in [4.78, 5) is 27.7. The van der Waals surface area contributed by atoms with Crippen molar-refractivity contribution in [1.29, 1.82) is 0 Å². The van der Waals surface area contributed by atoms with Crippen LogP contribution in [0, 0.1) is 0 Å². The van der Waals surface area contributed by atoms with Gasteiger partial charge in [0, 0.05) is 25.7 Å². The van der Waals surface area contributed by atoms with Gasteiger partial charge in [-0.1, -0.05) is 0 Å². The zero-order valence-corrected chi connectivity index (χ0v) is 12.6. The van der Waals surface area contributed by atoms with Crippen molar-refractivity contribution in [3.05, 3.63) is 0 Å². The van der Waals surface area contributed by atoms with E-state index in [-0.39, 0.29) is 31.0 Å². The smallest absolute Gasteiger partial charge is 0.320 e. The minimum atomic E-state index is -0.292. The fourth-order valence-electron chi connectivity index (χ4n) is 2.58. The van der Waals surface area contributed by atoms with Gasteiger partial charge in [-0.25, -0.2) is 0 Å². The molecule has 2 saturated heterocycles. The van der Waals surface area contributed by atoms with Crippen molar-refractivity contribution in [3.63, 3.8) is 0 Å². The Morgan fingerprint density at radius 2 is 1.95 bits per heavy atom. The number of nitrogens with zero attached hydrogens (tertiary/aromatic N) is 2. The lowest BCUT2D eigenvalue weighted by Gasteiger charge is -2.31. The molecular formula is C14H24N2O5. The van der Waals surface area contributed by atoms with E-state index in [2.05, 4.69) is 0 Å². The lowest BCUT2D eigenvalue weighted by atomic mass is 10.2. The van der Waals surface area contributed by atoms with E-state index in [4.69, 9.17) is 14.2 Å². The molecule has 0 aromatic heterocycles. The first-order valence-corrected chi connectivity index (χ1v) is 7.53. The highest BCUT2D eigenvalue weighted by atomic mass is 16.5. The summed E-state index contributed by atoms with van der Waals surface area (Å²) in [5.74, 6) is -0.256. The van der Waals surface area contributed by atoms with E-state index in [0.29, 0.717) is 46.1 Å². The number of esters is 1. The molecule has 0 bridgehead atoms. The van der Waals surface area contributed by atoms with E-state index in [1.807, 2.05) is 4.90 Å². The molecule has 0 unspecified atom stereocenters. The summed E-state index contributed by atoms with van der Waals surface area (Å²) in [7, 11) is 0. The molecule has 1 atom stereocenters. The molecule has 0 spiro atoms. The fraction of sp³-hybridized carbons (Fsp3) is 0.857. The van der Waals surface area contributed by atoms with Crippen molar-refractivity contribution in [1.82, 2.24) is 9.80 Å². The zero-order valence-electron chi connectivity index (χ0n) is 12.6. The van der Waals surface area contributed by atoms with Crippen molar-refractivity contribution in [3.8, 4) is 0 Å². The molecule has 0 saturated carbocycles. The lowest BCUT2D eigenvalue weighted by molar-refractivity contribution is -0.146. The lowest BCUT2D eigenvalue weighted by Crippen LogP contribution is -2.49. The van der Waals surface area contributed by atoms with Gasteiger partial charge in [0.2, 0.25) is 5.91 Å². The standard InChI is InChI=1S/C14H24N2O5/c1-2-21-14(18)10-16(12-3-6-20-11-12)9-13(17)15-4-7-19-8-5-15/h12H,2-11H2,1H3/t12-/m0/s1. The van der Waals surface area contributed by atoms with E-state index < -0.39 is 0 Å². The molecule has 2 rings (SSSR count). The van der Waals surface area contributed by atoms with Gasteiger partial charge in [-0.15, -0.1) is 0 Å². The van der Waals surface area contributed by atoms with Crippen LogP contribution in [0.3, 0.4) is 0 Å². The first-order valence-electron chi connectivity index (χ1n) is 7.53. The minimum Gasteiger partial charge on any atom is -0.465 e. The van der Waals surface area contributed by atoms with E-state index in [1.54, 1.807) is 11.8 Å². The highest BCUT2D eigenvalue weighted by Gasteiger charge is 2.29. The highest BCUT2D eigenvalue weighted by molar-refractivity contribution is 5.79. The van der Waals surface area contributed by atoms with Crippen molar-refractivity contribution >= 4 is 11.9 Å². The zero-order chi connectivity index (χ0) is 15.1. The molecule has 0 N–H and O–H groups in total. The highest BCUT2D eigenvalue weighted by Crippen LogP contribution is 2.13. The van der Waals surface area contributed by atoms with Crippen LogP contribution in [-0.4, -0.2) is 86.9 Å². The van der Waals surface area contributed by atoms with Crippen LogP contribution in [0.2, 0.25) is 0 Å². The average Bonchev–Trinajstić information content (AvgIpc) is 3.02. The first-order chi connectivity index (χ1) is 10.2. The second kappa shape index (κ2) is 8.31. The monoisotopic (exact) mass is 300 g/mol. The Morgan fingerprint density at radius 1 is 1.19 bits per heavy atom. The largest absolute Gasteiger partial charge is 0.465 e. The molecule has 2 aliphatic heterocycles. The molecule has 0 aromatic rings. The average molecular weight is 300 g/mol. The van der Waals surface area contributed by atoms with Gasteiger partial charge in [-0.05, 0) is 13.3 Å². The van der Waals surface area contributed by atoms with Crippen LogP contribution in [-0.2, 0) is 23.8 Å². The van der Waals surface area contributed by atoms with Crippen LogP contribution in [0.4, 0.5) is 0 Å². The van der Waals surface area contributed by atoms with Crippen molar-refractivity contribution in [2.24, 2.45) is 0 Å². The van der Waals surface area contributed by atoms with Gasteiger partial charge in [0.15, 0.2) is 0 Å². The second-order valence-corrected chi connectivity index (χ2v) is 5.22. The van der Waals surface area contributed by atoms with Gasteiger partial charge < -0.3 is 19.1 Å². The number of rotatable bonds is 6. The SMILES string of the molecule is CCOC(=O)CN(CC(=O)N1CCOCC1)[C@H]1CCOC1. The molecule has 120 valence electrons. The Bertz CT molecular complexity index is 351. The third-order valence-electron chi connectivity index (χ3n) is 3.76. The van der Waals surface area contributed by atoms with Crippen LogP contribution in [0.15, 0.2) is 0 Å². The van der Waals surface area contributed by atoms with E-state index in [0.717, 1.165) is 6.42 Å². The molecule has 7 heteroatoms. The maximum absolute atomic E-state index is 12.3. The van der Waals surface area contributed by atoms with Gasteiger partial charge >= 0.3 is 5.97 Å². The van der Waals surface area contributed by atoms with Crippen LogP contribution in [0.25, 0.3) is 0 Å². The summed E-state index contributed by atoms with van der Waals surface area (Å²) in [6.07, 6.45) is 0.843. The predicted octanol–water partition coefficient (Wildman–Crippen LogP) is -0.501. The van der Waals surface area contributed by atoms with Gasteiger partial charge in [0.25, 0.3) is 0 Å². The van der Waals surface area contributed by atoms with Crippen molar-refractivity contribution in [2.75, 3.05) is 59.2 Å². The molecule has 0 radical (unpaired) electrons. The number of amides is 1. The Labute approximate surface area is 125 Å². The Hall–Kier alpha value is -1.18. The van der Waals surface area contributed by atoms with Crippen molar-refractivity contribution in [2.45, 2.75) is 19.4 Å². The van der Waals surface area contributed by atoms with Crippen LogP contribution >= 0.6 is 0 Å². The Kier molecular flexibility index (Phi) is 6.41. The molecule has 0 aromatic carbocycles.